The number of methoxy groups -OCH3 is 1. The van der Waals surface area contributed by atoms with E-state index < -0.39 is 23.4 Å². The van der Waals surface area contributed by atoms with Crippen LogP contribution in [-0.4, -0.2) is 41.9 Å². The highest BCUT2D eigenvalue weighted by molar-refractivity contribution is 6.08. The third-order valence-electron chi connectivity index (χ3n) is 6.61. The van der Waals surface area contributed by atoms with E-state index in [4.69, 9.17) is 4.74 Å². The van der Waals surface area contributed by atoms with E-state index in [9.17, 15) is 14.4 Å². The Morgan fingerprint density at radius 2 is 1.61 bits per heavy atom. The van der Waals surface area contributed by atoms with Crippen LogP contribution in [0.2, 0.25) is 0 Å². The Kier molecular flexibility index (Phi) is 7.38. The van der Waals surface area contributed by atoms with Gasteiger partial charge in [0.25, 0.3) is 5.91 Å². The third kappa shape index (κ3) is 5.57. The number of amides is 4. The predicted octanol–water partition coefficient (Wildman–Crippen LogP) is 4.48. The second-order valence-corrected chi connectivity index (χ2v) is 9.28. The van der Waals surface area contributed by atoms with Gasteiger partial charge in [-0.3, -0.25) is 14.5 Å². The zero-order valence-corrected chi connectivity index (χ0v) is 20.8. The van der Waals surface area contributed by atoms with Crippen LogP contribution >= 0.6 is 0 Å². The largest absolute Gasteiger partial charge is 0.497 e. The molecular weight excluding hydrogens is 454 g/mol. The zero-order chi connectivity index (χ0) is 25.7. The SMILES string of the molecule is COc1ccc(CC[C@@]2(C)NC(=O)N(CC(=O)N[C@H](C)c3ccc(-c4ccccc4)cc3)C2=O)cc1. The van der Waals surface area contributed by atoms with Crippen LogP contribution in [0.25, 0.3) is 11.1 Å². The minimum atomic E-state index is -1.06. The molecule has 1 saturated heterocycles. The van der Waals surface area contributed by atoms with E-state index in [1.807, 2.05) is 85.8 Å². The fourth-order valence-electron chi connectivity index (χ4n) is 4.36. The average molecular weight is 486 g/mol. The first-order valence-electron chi connectivity index (χ1n) is 12.0. The summed E-state index contributed by atoms with van der Waals surface area (Å²) in [4.78, 5) is 39.3. The molecule has 0 saturated carbocycles. The first-order valence-corrected chi connectivity index (χ1v) is 12.0. The molecule has 1 aliphatic rings. The lowest BCUT2D eigenvalue weighted by Gasteiger charge is -2.22. The van der Waals surface area contributed by atoms with E-state index in [-0.39, 0.29) is 12.6 Å². The van der Waals surface area contributed by atoms with Gasteiger partial charge in [-0.2, -0.15) is 0 Å². The fraction of sp³-hybridized carbons (Fsp3) is 0.276. The average Bonchev–Trinajstić information content (AvgIpc) is 3.11. The first kappa shape index (κ1) is 25.0. The molecule has 3 aromatic carbocycles. The Morgan fingerprint density at radius 1 is 0.972 bits per heavy atom. The summed E-state index contributed by atoms with van der Waals surface area (Å²) >= 11 is 0. The zero-order valence-electron chi connectivity index (χ0n) is 20.8. The smallest absolute Gasteiger partial charge is 0.325 e. The van der Waals surface area contributed by atoms with Gasteiger partial charge >= 0.3 is 6.03 Å². The number of benzene rings is 3. The van der Waals surface area contributed by atoms with Gasteiger partial charge in [0.15, 0.2) is 0 Å². The molecule has 7 nitrogen and oxygen atoms in total. The molecule has 7 heteroatoms. The van der Waals surface area contributed by atoms with E-state index in [1.165, 1.54) is 0 Å². The monoisotopic (exact) mass is 485 g/mol. The molecule has 36 heavy (non-hydrogen) atoms. The maximum absolute atomic E-state index is 13.1. The molecule has 0 radical (unpaired) electrons. The lowest BCUT2D eigenvalue weighted by molar-refractivity contribution is -0.134. The van der Waals surface area contributed by atoms with Crippen LogP contribution in [0.15, 0.2) is 78.9 Å². The Labute approximate surface area is 211 Å². The Hall–Kier alpha value is -4.13. The van der Waals surface area contributed by atoms with E-state index >= 15 is 0 Å². The number of nitrogens with zero attached hydrogens (tertiary/aromatic N) is 1. The minimum absolute atomic E-state index is 0.274. The summed E-state index contributed by atoms with van der Waals surface area (Å²) in [5, 5.41) is 5.66. The van der Waals surface area contributed by atoms with Crippen LogP contribution in [0.4, 0.5) is 4.79 Å². The van der Waals surface area contributed by atoms with Gasteiger partial charge < -0.3 is 15.4 Å². The first-order chi connectivity index (χ1) is 17.3. The maximum Gasteiger partial charge on any atom is 0.325 e. The summed E-state index contributed by atoms with van der Waals surface area (Å²) in [6, 6.07) is 24.8. The van der Waals surface area contributed by atoms with E-state index in [2.05, 4.69) is 10.6 Å². The van der Waals surface area contributed by atoms with Crippen LogP contribution in [0.5, 0.6) is 5.75 Å². The molecule has 2 atom stereocenters. The number of carbonyl (C=O) groups excluding carboxylic acids is 3. The van der Waals surface area contributed by atoms with Gasteiger partial charge in [-0.1, -0.05) is 66.7 Å². The van der Waals surface area contributed by atoms with E-state index in [0.717, 1.165) is 32.9 Å². The number of hydrogen-bond donors (Lipinski definition) is 2. The molecular formula is C29H31N3O4. The topological polar surface area (TPSA) is 87.7 Å². The van der Waals surface area contributed by atoms with Crippen molar-refractivity contribution >= 4 is 17.8 Å². The molecule has 3 aromatic rings. The number of rotatable bonds is 9. The van der Waals surface area contributed by atoms with Gasteiger partial charge in [0.1, 0.15) is 17.8 Å². The lowest BCUT2D eigenvalue weighted by atomic mass is 9.93. The molecule has 0 spiro atoms. The third-order valence-corrected chi connectivity index (χ3v) is 6.61. The maximum atomic E-state index is 13.1. The van der Waals surface area contributed by atoms with Crippen LogP contribution in [-0.2, 0) is 16.0 Å². The quantitative estimate of drug-likeness (QED) is 0.438. The number of carbonyl (C=O) groups is 3. The van der Waals surface area contributed by atoms with E-state index in [1.54, 1.807) is 14.0 Å². The summed E-state index contributed by atoms with van der Waals surface area (Å²) in [6.07, 6.45) is 1.02. The highest BCUT2D eigenvalue weighted by Gasteiger charge is 2.47. The van der Waals surface area contributed by atoms with Crippen molar-refractivity contribution in [1.82, 2.24) is 15.5 Å². The van der Waals surface area contributed by atoms with Crippen molar-refractivity contribution in [3.63, 3.8) is 0 Å². The molecule has 1 aliphatic heterocycles. The Morgan fingerprint density at radius 3 is 2.25 bits per heavy atom. The number of nitrogens with one attached hydrogen (secondary N) is 2. The van der Waals surface area contributed by atoms with Crippen LogP contribution < -0.4 is 15.4 Å². The fourth-order valence-corrected chi connectivity index (χ4v) is 4.36. The van der Waals surface area contributed by atoms with Crippen molar-refractivity contribution < 1.29 is 19.1 Å². The van der Waals surface area contributed by atoms with E-state index in [0.29, 0.717) is 12.8 Å². The van der Waals surface area contributed by atoms with Crippen LogP contribution in [0.1, 0.15) is 37.4 Å². The van der Waals surface area contributed by atoms with Crippen LogP contribution in [0, 0.1) is 0 Å². The van der Waals surface area contributed by atoms with Gasteiger partial charge in [0.05, 0.1) is 13.2 Å². The van der Waals surface area contributed by atoms with Crippen LogP contribution in [0.3, 0.4) is 0 Å². The predicted molar refractivity (Wildman–Crippen MR) is 138 cm³/mol. The van der Waals surface area contributed by atoms with Crippen molar-refractivity contribution in [2.45, 2.75) is 38.3 Å². The number of aryl methyl sites for hydroxylation is 1. The summed E-state index contributed by atoms with van der Waals surface area (Å²) in [6.45, 7) is 3.25. The van der Waals surface area contributed by atoms with Gasteiger partial charge in [-0.15, -0.1) is 0 Å². The minimum Gasteiger partial charge on any atom is -0.497 e. The normalized spacial score (nSPS) is 18.0. The standard InChI is InChI=1S/C29H31N3O4/c1-20(22-11-13-24(14-12-22)23-7-5-4-6-8-23)30-26(33)19-32-27(34)29(2,31-28(32)35)18-17-21-9-15-25(36-3)16-10-21/h4-16,20H,17-19H2,1-3H3,(H,30,33)(H,31,35)/t20-,29-/m1/s1. The molecule has 186 valence electrons. The molecule has 4 rings (SSSR count). The van der Waals surface area contributed by atoms with Gasteiger partial charge in [0, 0.05) is 0 Å². The van der Waals surface area contributed by atoms with Gasteiger partial charge in [-0.05, 0) is 61.1 Å². The molecule has 4 amide bonds. The highest BCUT2D eigenvalue weighted by Crippen LogP contribution is 2.25. The number of urea groups is 1. The van der Waals surface area contributed by atoms with Crippen molar-refractivity contribution in [2.75, 3.05) is 13.7 Å². The van der Waals surface area contributed by atoms with Crippen molar-refractivity contribution in [1.29, 1.82) is 0 Å². The molecule has 1 fully saturated rings. The Bertz CT molecular complexity index is 1230. The summed E-state index contributed by atoms with van der Waals surface area (Å²) < 4.78 is 5.17. The Balaban J connectivity index is 1.33. The van der Waals surface area contributed by atoms with Gasteiger partial charge in [0.2, 0.25) is 5.91 Å². The summed E-state index contributed by atoms with van der Waals surface area (Å²) in [7, 11) is 1.61. The highest BCUT2D eigenvalue weighted by atomic mass is 16.5. The molecule has 1 heterocycles. The second kappa shape index (κ2) is 10.6. The molecule has 0 unspecified atom stereocenters. The molecule has 0 aromatic heterocycles. The lowest BCUT2D eigenvalue weighted by Crippen LogP contribution is -2.45. The molecule has 0 aliphatic carbocycles. The molecule has 0 bridgehead atoms. The number of imide groups is 1. The van der Waals surface area contributed by atoms with Crippen molar-refractivity contribution in [3.8, 4) is 16.9 Å². The second-order valence-electron chi connectivity index (χ2n) is 9.28. The van der Waals surface area contributed by atoms with Crippen molar-refractivity contribution in [2.24, 2.45) is 0 Å². The molecule has 2 N–H and O–H groups in total. The summed E-state index contributed by atoms with van der Waals surface area (Å²) in [5.41, 5.74) is 3.11. The number of hydrogen-bond acceptors (Lipinski definition) is 4. The van der Waals surface area contributed by atoms with Crippen molar-refractivity contribution in [3.05, 3.63) is 90.0 Å². The summed E-state index contributed by atoms with van der Waals surface area (Å²) in [5.74, 6) is -0.0256. The van der Waals surface area contributed by atoms with Gasteiger partial charge in [-0.25, -0.2) is 4.79 Å². The number of ether oxygens (including phenoxy) is 1.